The predicted molar refractivity (Wildman–Crippen MR) is 133 cm³/mol. The summed E-state index contributed by atoms with van der Waals surface area (Å²) in [7, 11) is 3.18. The third kappa shape index (κ3) is 5.04. The Bertz CT molecular complexity index is 1320. The Labute approximate surface area is 197 Å². The molecule has 0 atom stereocenters. The fraction of sp³-hybridized carbons (Fsp3) is 0.192. The highest BCUT2D eigenvalue weighted by molar-refractivity contribution is 7.22. The van der Waals surface area contributed by atoms with Gasteiger partial charge in [-0.05, 0) is 66.9 Å². The van der Waals surface area contributed by atoms with E-state index >= 15 is 0 Å². The average molecular weight is 460 g/mol. The van der Waals surface area contributed by atoms with E-state index in [4.69, 9.17) is 14.5 Å². The molecule has 7 heteroatoms. The Morgan fingerprint density at radius 3 is 2.61 bits per heavy atom. The minimum absolute atomic E-state index is 0.177. The number of carbonyl (C=O) groups is 1. The zero-order valence-electron chi connectivity index (χ0n) is 19.0. The first-order chi connectivity index (χ1) is 16.0. The van der Waals surface area contributed by atoms with Gasteiger partial charge in [0.2, 0.25) is 0 Å². The zero-order chi connectivity index (χ0) is 23.4. The number of aromatic nitrogens is 2. The topological polar surface area (TPSA) is 64.5 Å². The maximum absolute atomic E-state index is 13.3. The lowest BCUT2D eigenvalue weighted by Crippen LogP contribution is -2.29. The molecule has 4 aromatic rings. The number of benzene rings is 2. The van der Waals surface area contributed by atoms with Crippen LogP contribution in [0.5, 0.6) is 11.5 Å². The Kier molecular flexibility index (Phi) is 6.70. The van der Waals surface area contributed by atoms with Crippen molar-refractivity contribution in [3.05, 3.63) is 83.2 Å². The molecule has 0 bridgehead atoms. The van der Waals surface area contributed by atoms with Crippen LogP contribution in [0, 0.1) is 13.8 Å². The van der Waals surface area contributed by atoms with Crippen molar-refractivity contribution >= 4 is 38.7 Å². The minimum Gasteiger partial charge on any atom is -0.493 e. The highest BCUT2D eigenvalue weighted by Gasteiger charge is 2.20. The van der Waals surface area contributed by atoms with Gasteiger partial charge in [0.1, 0.15) is 0 Å². The van der Waals surface area contributed by atoms with E-state index in [9.17, 15) is 4.79 Å². The SMILES string of the molecule is COc1ccc(/C=C/C(=O)N(Cc2ccccn2)c2nc3cc(C)cc(C)c3s2)cc1OC. The van der Waals surface area contributed by atoms with E-state index in [0.29, 0.717) is 23.2 Å². The number of hydrogen-bond donors (Lipinski definition) is 0. The number of methoxy groups -OCH3 is 2. The molecule has 0 aliphatic heterocycles. The summed E-state index contributed by atoms with van der Waals surface area (Å²) in [5.74, 6) is 1.07. The number of pyridine rings is 1. The van der Waals surface area contributed by atoms with Crippen LogP contribution in [-0.2, 0) is 11.3 Å². The van der Waals surface area contributed by atoms with Crippen molar-refractivity contribution in [2.45, 2.75) is 20.4 Å². The minimum atomic E-state index is -0.177. The lowest BCUT2D eigenvalue weighted by atomic mass is 10.1. The molecule has 6 nitrogen and oxygen atoms in total. The number of anilines is 1. The lowest BCUT2D eigenvalue weighted by molar-refractivity contribution is -0.114. The molecular formula is C26H25N3O3S. The maximum atomic E-state index is 13.3. The Morgan fingerprint density at radius 2 is 1.88 bits per heavy atom. The average Bonchev–Trinajstić information content (AvgIpc) is 3.25. The molecule has 33 heavy (non-hydrogen) atoms. The smallest absolute Gasteiger partial charge is 0.253 e. The third-order valence-corrected chi connectivity index (χ3v) is 6.41. The Morgan fingerprint density at radius 1 is 1.06 bits per heavy atom. The van der Waals surface area contributed by atoms with E-state index in [1.54, 1.807) is 37.5 Å². The lowest BCUT2D eigenvalue weighted by Gasteiger charge is -2.17. The zero-order valence-corrected chi connectivity index (χ0v) is 19.8. The second kappa shape index (κ2) is 9.83. The largest absolute Gasteiger partial charge is 0.493 e. The third-order valence-electron chi connectivity index (χ3n) is 5.18. The van der Waals surface area contributed by atoms with E-state index in [0.717, 1.165) is 32.6 Å². The van der Waals surface area contributed by atoms with Gasteiger partial charge in [0.05, 0.1) is 36.7 Å². The molecule has 0 radical (unpaired) electrons. The number of rotatable bonds is 7. The van der Waals surface area contributed by atoms with Crippen LogP contribution in [-0.4, -0.2) is 30.1 Å². The van der Waals surface area contributed by atoms with Crippen LogP contribution in [0.3, 0.4) is 0 Å². The molecule has 0 saturated carbocycles. The first kappa shape index (κ1) is 22.5. The van der Waals surface area contributed by atoms with Crippen LogP contribution in [0.2, 0.25) is 0 Å². The van der Waals surface area contributed by atoms with Gasteiger partial charge in [-0.2, -0.15) is 0 Å². The number of thiazole rings is 1. The van der Waals surface area contributed by atoms with Gasteiger partial charge in [-0.25, -0.2) is 4.98 Å². The summed E-state index contributed by atoms with van der Waals surface area (Å²) in [5, 5.41) is 0.645. The highest BCUT2D eigenvalue weighted by Crippen LogP contribution is 2.33. The number of nitrogens with zero attached hydrogens (tertiary/aromatic N) is 3. The molecule has 0 aliphatic rings. The molecule has 0 fully saturated rings. The molecular weight excluding hydrogens is 434 g/mol. The van der Waals surface area contributed by atoms with Crippen molar-refractivity contribution in [3.63, 3.8) is 0 Å². The molecule has 4 rings (SSSR count). The van der Waals surface area contributed by atoms with E-state index in [1.165, 1.54) is 11.3 Å². The monoisotopic (exact) mass is 459 g/mol. The van der Waals surface area contributed by atoms with Crippen LogP contribution in [0.25, 0.3) is 16.3 Å². The van der Waals surface area contributed by atoms with E-state index < -0.39 is 0 Å². The number of aryl methyl sites for hydroxylation is 2. The fourth-order valence-electron chi connectivity index (χ4n) is 3.59. The quantitative estimate of drug-likeness (QED) is 0.338. The molecule has 0 unspecified atom stereocenters. The summed E-state index contributed by atoms with van der Waals surface area (Å²) >= 11 is 1.52. The van der Waals surface area contributed by atoms with Gasteiger partial charge in [-0.1, -0.05) is 29.5 Å². The summed E-state index contributed by atoms with van der Waals surface area (Å²) in [6.07, 6.45) is 5.04. The maximum Gasteiger partial charge on any atom is 0.253 e. The molecule has 0 saturated heterocycles. The van der Waals surface area contributed by atoms with Gasteiger partial charge in [0.25, 0.3) is 5.91 Å². The number of carbonyl (C=O) groups excluding carboxylic acids is 1. The van der Waals surface area contributed by atoms with Gasteiger partial charge >= 0.3 is 0 Å². The van der Waals surface area contributed by atoms with Gasteiger partial charge in [-0.15, -0.1) is 0 Å². The van der Waals surface area contributed by atoms with E-state index in [-0.39, 0.29) is 5.91 Å². The van der Waals surface area contributed by atoms with Crippen LogP contribution >= 0.6 is 11.3 Å². The molecule has 0 spiro atoms. The second-order valence-corrected chi connectivity index (χ2v) is 8.60. The van der Waals surface area contributed by atoms with E-state index in [2.05, 4.69) is 18.0 Å². The van der Waals surface area contributed by atoms with Gasteiger partial charge in [0.15, 0.2) is 16.6 Å². The number of fused-ring (bicyclic) bond motifs is 1. The first-order valence-electron chi connectivity index (χ1n) is 10.5. The van der Waals surface area contributed by atoms with Crippen molar-refractivity contribution in [1.29, 1.82) is 0 Å². The number of ether oxygens (including phenoxy) is 2. The number of hydrogen-bond acceptors (Lipinski definition) is 6. The summed E-state index contributed by atoms with van der Waals surface area (Å²) in [4.78, 5) is 24.2. The van der Waals surface area contributed by atoms with E-state index in [1.807, 2.05) is 49.4 Å². The van der Waals surface area contributed by atoms with Crippen molar-refractivity contribution in [2.24, 2.45) is 0 Å². The summed E-state index contributed by atoms with van der Waals surface area (Å²) in [6.45, 7) is 4.45. The van der Waals surface area contributed by atoms with Crippen LogP contribution in [0.4, 0.5) is 5.13 Å². The highest BCUT2D eigenvalue weighted by atomic mass is 32.1. The Balaban J connectivity index is 1.68. The van der Waals surface area contributed by atoms with Crippen LogP contribution in [0.1, 0.15) is 22.4 Å². The molecule has 2 aromatic carbocycles. The standard InChI is InChI=1S/C26H25N3O3S/c1-17-13-18(2)25-21(14-17)28-26(33-25)29(16-20-7-5-6-12-27-20)24(30)11-9-19-8-10-22(31-3)23(15-19)32-4/h5-15H,16H2,1-4H3/b11-9+. The van der Waals surface area contributed by atoms with Crippen molar-refractivity contribution in [1.82, 2.24) is 9.97 Å². The van der Waals surface area contributed by atoms with Gasteiger partial charge in [0, 0.05) is 12.3 Å². The second-order valence-electron chi connectivity index (χ2n) is 7.62. The fourth-order valence-corrected chi connectivity index (χ4v) is 4.61. The number of amides is 1. The normalized spacial score (nSPS) is 11.2. The summed E-state index contributed by atoms with van der Waals surface area (Å²) in [6, 6.07) is 15.4. The first-order valence-corrected chi connectivity index (χ1v) is 11.3. The molecule has 2 heterocycles. The molecule has 2 aromatic heterocycles. The van der Waals surface area contributed by atoms with Gasteiger partial charge < -0.3 is 9.47 Å². The molecule has 0 N–H and O–H groups in total. The molecule has 168 valence electrons. The summed E-state index contributed by atoms with van der Waals surface area (Å²) < 4.78 is 11.7. The molecule has 0 aliphatic carbocycles. The van der Waals surface area contributed by atoms with Crippen molar-refractivity contribution < 1.29 is 14.3 Å². The summed E-state index contributed by atoms with van der Waals surface area (Å²) in [5.41, 5.74) is 4.81. The van der Waals surface area contributed by atoms with Crippen molar-refractivity contribution in [2.75, 3.05) is 19.1 Å². The van der Waals surface area contributed by atoms with Crippen LogP contribution in [0.15, 0.2) is 60.8 Å². The van der Waals surface area contributed by atoms with Crippen molar-refractivity contribution in [3.8, 4) is 11.5 Å². The predicted octanol–water partition coefficient (Wildman–Crippen LogP) is 5.57. The van der Waals surface area contributed by atoms with Gasteiger partial charge in [-0.3, -0.25) is 14.7 Å². The molecule has 1 amide bonds. The Hall–Kier alpha value is -3.71. The van der Waals surface area contributed by atoms with Crippen LogP contribution < -0.4 is 14.4 Å².